The number of piperazine rings is 1. The molecule has 228 valence electrons. The van der Waals surface area contributed by atoms with Gasteiger partial charge in [0, 0.05) is 87.0 Å². The fourth-order valence-corrected chi connectivity index (χ4v) is 6.78. The summed E-state index contributed by atoms with van der Waals surface area (Å²) in [5, 5.41) is 8.28. The van der Waals surface area contributed by atoms with Crippen LogP contribution in [-0.4, -0.2) is 88.0 Å². The van der Waals surface area contributed by atoms with Gasteiger partial charge in [0.1, 0.15) is 18.2 Å². The number of allylic oxidation sites excluding steroid dienone is 1. The minimum absolute atomic E-state index is 0.302. The predicted molar refractivity (Wildman–Crippen MR) is 183 cm³/mol. The van der Waals surface area contributed by atoms with E-state index in [2.05, 4.69) is 71.8 Å². The molecular formula is C31H39BrFN8OP. The van der Waals surface area contributed by atoms with Crippen LogP contribution in [0.5, 0.6) is 5.75 Å². The molecule has 43 heavy (non-hydrogen) atoms. The zero-order valence-corrected chi connectivity index (χ0v) is 27.6. The van der Waals surface area contributed by atoms with E-state index in [1.807, 2.05) is 12.1 Å². The lowest BCUT2D eigenvalue weighted by Gasteiger charge is -2.37. The Morgan fingerprint density at radius 1 is 1.12 bits per heavy atom. The molecule has 3 aromatic rings. The number of methoxy groups -OCH3 is 1. The van der Waals surface area contributed by atoms with Crippen molar-refractivity contribution in [2.45, 2.75) is 12.8 Å². The number of fused-ring (bicyclic) bond motifs is 1. The lowest BCUT2D eigenvalue weighted by Crippen LogP contribution is -2.47. The molecule has 12 heteroatoms. The molecule has 9 nitrogen and oxygen atoms in total. The maximum absolute atomic E-state index is 12.9. The highest BCUT2D eigenvalue weighted by atomic mass is 79.9. The Morgan fingerprint density at radius 3 is 2.49 bits per heavy atom. The lowest BCUT2D eigenvalue weighted by molar-refractivity contribution is 0.235. The molecule has 1 aromatic heterocycles. The van der Waals surface area contributed by atoms with Gasteiger partial charge in [-0.25, -0.2) is 9.37 Å². The van der Waals surface area contributed by atoms with Gasteiger partial charge in [-0.1, -0.05) is 7.92 Å². The van der Waals surface area contributed by atoms with Crippen LogP contribution in [0.15, 0.2) is 46.1 Å². The van der Waals surface area contributed by atoms with Crippen LogP contribution in [0.3, 0.4) is 0 Å². The third-order valence-corrected chi connectivity index (χ3v) is 9.81. The summed E-state index contributed by atoms with van der Waals surface area (Å²) in [7, 11) is 3.06. The van der Waals surface area contributed by atoms with Gasteiger partial charge in [-0.3, -0.25) is 9.89 Å². The fraction of sp³-hybridized carbons (Fsp3) is 0.387. The van der Waals surface area contributed by atoms with E-state index >= 15 is 0 Å². The molecule has 2 aliphatic rings. The molecule has 1 aliphatic heterocycles. The largest absolute Gasteiger partial charge is 0.494 e. The van der Waals surface area contributed by atoms with Crippen molar-refractivity contribution >= 4 is 69.8 Å². The van der Waals surface area contributed by atoms with Crippen molar-refractivity contribution in [1.29, 1.82) is 0 Å². The molecule has 0 atom stereocenters. The number of anilines is 5. The van der Waals surface area contributed by atoms with Gasteiger partial charge in [0.05, 0.1) is 17.3 Å². The molecule has 0 spiro atoms. The minimum atomic E-state index is -0.338. The molecule has 0 saturated carbocycles. The number of aryl methyl sites for hydroxylation is 2. The Balaban J connectivity index is 1.47. The molecule has 1 saturated heterocycles. The Hall–Kier alpha value is -3.27. The Bertz CT molecular complexity index is 1520. The number of nitrogens with two attached hydrogens (primary N) is 1. The van der Waals surface area contributed by atoms with Crippen molar-refractivity contribution in [2.75, 3.05) is 82.4 Å². The van der Waals surface area contributed by atoms with Crippen molar-refractivity contribution in [2.24, 2.45) is 10.7 Å². The average Bonchev–Trinajstić information content (AvgIpc) is 2.99. The van der Waals surface area contributed by atoms with Crippen molar-refractivity contribution in [3.63, 3.8) is 0 Å². The highest BCUT2D eigenvalue weighted by molar-refractivity contribution is 9.10. The van der Waals surface area contributed by atoms with Gasteiger partial charge in [-0.15, -0.1) is 0 Å². The number of aliphatic imine (C=N–C) groups is 1. The van der Waals surface area contributed by atoms with E-state index in [1.54, 1.807) is 32.8 Å². The van der Waals surface area contributed by atoms with Gasteiger partial charge in [-0.05, 0) is 76.7 Å². The number of ether oxygens (including phenoxy) is 1. The Labute approximate surface area is 262 Å². The summed E-state index contributed by atoms with van der Waals surface area (Å²) in [4.78, 5) is 18.0. The van der Waals surface area contributed by atoms with E-state index in [4.69, 9.17) is 15.5 Å². The normalized spacial score (nSPS) is 15.5. The van der Waals surface area contributed by atoms with Gasteiger partial charge in [-0.2, -0.15) is 4.98 Å². The number of rotatable bonds is 11. The van der Waals surface area contributed by atoms with Gasteiger partial charge in [0.25, 0.3) is 0 Å². The summed E-state index contributed by atoms with van der Waals surface area (Å²) in [6.45, 7) is 7.74. The molecule has 4 N–H and O–H groups in total. The molecule has 2 heterocycles. The Kier molecular flexibility index (Phi) is 10.2. The number of hydrogen-bond donors (Lipinski definition) is 3. The topological polar surface area (TPSA) is 104 Å². The molecule has 1 aliphatic carbocycles. The van der Waals surface area contributed by atoms with Crippen LogP contribution in [0.1, 0.15) is 16.7 Å². The van der Waals surface area contributed by atoms with Crippen LogP contribution >= 0.6 is 23.9 Å². The first-order valence-electron chi connectivity index (χ1n) is 14.3. The first-order chi connectivity index (χ1) is 20.8. The summed E-state index contributed by atoms with van der Waals surface area (Å²) in [6, 6.07) is 8.61. The maximum Gasteiger partial charge on any atom is 0.229 e. The fourth-order valence-electron chi connectivity index (χ4n) is 5.47. The van der Waals surface area contributed by atoms with E-state index in [1.165, 1.54) is 16.4 Å². The van der Waals surface area contributed by atoms with Crippen molar-refractivity contribution in [1.82, 2.24) is 14.9 Å². The van der Waals surface area contributed by atoms with E-state index in [9.17, 15) is 4.39 Å². The maximum atomic E-state index is 12.9. The molecule has 0 bridgehead atoms. The predicted octanol–water partition coefficient (Wildman–Crippen LogP) is 5.29. The zero-order chi connectivity index (χ0) is 30.5. The number of hydrogen-bond acceptors (Lipinski definition) is 9. The lowest BCUT2D eigenvalue weighted by atomic mass is 9.88. The summed E-state index contributed by atoms with van der Waals surface area (Å²) in [5.41, 5.74) is 13.4. The van der Waals surface area contributed by atoms with Crippen LogP contribution in [0.2, 0.25) is 0 Å². The number of halogens is 2. The zero-order valence-electron chi connectivity index (χ0n) is 25.1. The van der Waals surface area contributed by atoms with Gasteiger partial charge in [0.15, 0.2) is 0 Å². The van der Waals surface area contributed by atoms with Crippen LogP contribution in [-0.2, 0) is 12.8 Å². The first-order valence-corrected chi connectivity index (χ1v) is 17.4. The minimum Gasteiger partial charge on any atom is -0.494 e. The molecule has 5 rings (SSSR count). The SMILES string of the molecule is CN=CC(=CN)c1cc(Nc2ncc(Br)c(Nc3cc4c(cc3P(C)C)CC4)n2)c(OC)cc1N1CCN(CCF)CC1. The average molecular weight is 670 g/mol. The van der Waals surface area contributed by atoms with Crippen LogP contribution in [0.25, 0.3) is 5.57 Å². The van der Waals surface area contributed by atoms with Crippen molar-refractivity contribution < 1.29 is 9.13 Å². The standard InChI is InChI=1S/C31H39BrFN8OP/c1-35-18-22(17-34)23-15-25(28(42-2)16-27(23)41-11-9-40(8-7-33)10-12-41)38-31-36-19-24(32)30(39-31)37-26-13-20-5-6-21(20)14-29(26)43(3)4/h13-19H,5-12,34H2,1-4H3,(H2,36,37,38,39). The summed E-state index contributed by atoms with van der Waals surface area (Å²) in [6.07, 6.45) is 7.31. The number of nitrogens with one attached hydrogen (secondary N) is 2. The van der Waals surface area contributed by atoms with Gasteiger partial charge < -0.3 is 26.0 Å². The second-order valence-electron chi connectivity index (χ2n) is 10.8. The second kappa shape index (κ2) is 14.0. The molecule has 1 fully saturated rings. The van der Waals surface area contributed by atoms with Gasteiger partial charge >= 0.3 is 0 Å². The number of aromatic nitrogens is 2. The molecule has 0 amide bonds. The van der Waals surface area contributed by atoms with E-state index in [-0.39, 0.29) is 14.6 Å². The van der Waals surface area contributed by atoms with Crippen LogP contribution < -0.4 is 31.3 Å². The quantitative estimate of drug-likeness (QED) is 0.187. The summed E-state index contributed by atoms with van der Waals surface area (Å²) in [5.74, 6) is 1.74. The molecule has 0 unspecified atom stereocenters. The Morgan fingerprint density at radius 2 is 1.86 bits per heavy atom. The number of nitrogens with zero attached hydrogens (tertiary/aromatic N) is 5. The smallest absolute Gasteiger partial charge is 0.229 e. The molecule has 0 radical (unpaired) electrons. The summed E-state index contributed by atoms with van der Waals surface area (Å²) < 4.78 is 19.5. The van der Waals surface area contributed by atoms with Crippen LogP contribution in [0.4, 0.5) is 33.2 Å². The third kappa shape index (κ3) is 6.95. The van der Waals surface area contributed by atoms with Crippen LogP contribution in [0, 0.1) is 0 Å². The van der Waals surface area contributed by atoms with Gasteiger partial charge in [0.2, 0.25) is 5.95 Å². The summed E-state index contributed by atoms with van der Waals surface area (Å²) >= 11 is 3.63. The number of benzene rings is 2. The number of alkyl halides is 1. The first kappa shape index (κ1) is 31.2. The van der Waals surface area contributed by atoms with E-state index in [0.29, 0.717) is 29.7 Å². The molecular weight excluding hydrogens is 630 g/mol. The third-order valence-electron chi connectivity index (χ3n) is 7.90. The van der Waals surface area contributed by atoms with Crippen molar-refractivity contribution in [3.05, 3.63) is 57.8 Å². The monoisotopic (exact) mass is 668 g/mol. The molecule has 2 aromatic carbocycles. The van der Waals surface area contributed by atoms with E-state index in [0.717, 1.165) is 66.0 Å². The van der Waals surface area contributed by atoms with E-state index < -0.39 is 0 Å². The highest BCUT2D eigenvalue weighted by Gasteiger charge is 2.23. The highest BCUT2D eigenvalue weighted by Crippen LogP contribution is 2.39. The van der Waals surface area contributed by atoms with Crippen molar-refractivity contribution in [3.8, 4) is 5.75 Å². The second-order valence-corrected chi connectivity index (χ2v) is 13.9.